The standard InChI is InChI=1S/C18H19ClN2O6/c1-18(12-2-3-12)16(23)21(17(24)20-18)6-14(22)26-8-11-5-13(19)4-10-7-25-9-27-15(10)11/h4-5,12H,2-3,6-9H2,1H3,(H,20,24)/t18-/m1/s1. The first-order valence-electron chi connectivity index (χ1n) is 8.70. The average molecular weight is 395 g/mol. The molecular formula is C18H19ClN2O6. The van der Waals surface area contributed by atoms with Gasteiger partial charge in [0.2, 0.25) is 0 Å². The van der Waals surface area contributed by atoms with E-state index in [1.165, 1.54) is 0 Å². The number of hydrogen-bond acceptors (Lipinski definition) is 6. The Balaban J connectivity index is 1.40. The van der Waals surface area contributed by atoms with Crippen LogP contribution in [0.25, 0.3) is 0 Å². The van der Waals surface area contributed by atoms with Crippen molar-refractivity contribution >= 4 is 29.5 Å². The molecule has 144 valence electrons. The van der Waals surface area contributed by atoms with Crippen molar-refractivity contribution in [3.8, 4) is 5.75 Å². The first-order valence-corrected chi connectivity index (χ1v) is 9.08. The maximum Gasteiger partial charge on any atom is 0.326 e. The highest BCUT2D eigenvalue weighted by atomic mass is 35.5. The molecule has 1 aromatic carbocycles. The summed E-state index contributed by atoms with van der Waals surface area (Å²) in [4.78, 5) is 37.8. The molecule has 0 radical (unpaired) electrons. The molecular weight excluding hydrogens is 376 g/mol. The molecule has 0 unspecified atom stereocenters. The Kier molecular flexibility index (Phi) is 4.47. The second-order valence-electron chi connectivity index (χ2n) is 7.12. The Morgan fingerprint density at radius 2 is 2.19 bits per heavy atom. The SMILES string of the molecule is C[C@]1(C2CC2)NC(=O)N(CC(=O)OCc2cc(Cl)cc3c2OCOC3)C1=O. The highest BCUT2D eigenvalue weighted by Crippen LogP contribution is 2.42. The van der Waals surface area contributed by atoms with Crippen LogP contribution >= 0.6 is 11.6 Å². The maximum absolute atomic E-state index is 12.5. The Morgan fingerprint density at radius 1 is 1.41 bits per heavy atom. The largest absolute Gasteiger partial charge is 0.467 e. The molecule has 27 heavy (non-hydrogen) atoms. The van der Waals surface area contributed by atoms with E-state index < -0.39 is 24.1 Å². The Labute approximate surface area is 160 Å². The number of ether oxygens (including phenoxy) is 3. The quantitative estimate of drug-likeness (QED) is 0.606. The summed E-state index contributed by atoms with van der Waals surface area (Å²) in [5.41, 5.74) is 0.459. The van der Waals surface area contributed by atoms with Crippen molar-refractivity contribution in [1.82, 2.24) is 10.2 Å². The normalized spacial score (nSPS) is 24.3. The third-order valence-electron chi connectivity index (χ3n) is 5.12. The lowest BCUT2D eigenvalue weighted by Gasteiger charge is -2.21. The fraction of sp³-hybridized carbons (Fsp3) is 0.500. The van der Waals surface area contributed by atoms with Crippen LogP contribution in [0.15, 0.2) is 12.1 Å². The van der Waals surface area contributed by atoms with Gasteiger partial charge in [-0.05, 0) is 37.8 Å². The van der Waals surface area contributed by atoms with Crippen LogP contribution in [0.5, 0.6) is 5.75 Å². The van der Waals surface area contributed by atoms with E-state index >= 15 is 0 Å². The van der Waals surface area contributed by atoms with Gasteiger partial charge in [-0.2, -0.15) is 0 Å². The van der Waals surface area contributed by atoms with Gasteiger partial charge in [0.25, 0.3) is 5.91 Å². The van der Waals surface area contributed by atoms with Gasteiger partial charge in [-0.25, -0.2) is 4.79 Å². The molecule has 1 N–H and O–H groups in total. The molecule has 0 aromatic heterocycles. The molecule has 4 rings (SSSR count). The minimum Gasteiger partial charge on any atom is -0.467 e. The number of urea groups is 1. The number of imide groups is 1. The van der Waals surface area contributed by atoms with Gasteiger partial charge in [0, 0.05) is 16.1 Å². The predicted molar refractivity (Wildman–Crippen MR) is 92.9 cm³/mol. The number of carbonyl (C=O) groups is 3. The van der Waals surface area contributed by atoms with Gasteiger partial charge in [0.1, 0.15) is 24.4 Å². The molecule has 2 aliphatic heterocycles. The summed E-state index contributed by atoms with van der Waals surface area (Å²) in [5, 5.41) is 3.17. The summed E-state index contributed by atoms with van der Waals surface area (Å²) in [6.07, 6.45) is 1.79. The van der Waals surface area contributed by atoms with Gasteiger partial charge in [0.05, 0.1) is 6.61 Å². The summed E-state index contributed by atoms with van der Waals surface area (Å²) in [5.74, 6) is -0.353. The molecule has 1 saturated carbocycles. The number of amides is 3. The molecule has 1 saturated heterocycles. The monoisotopic (exact) mass is 394 g/mol. The summed E-state index contributed by atoms with van der Waals surface area (Å²) in [6.45, 7) is 1.66. The van der Waals surface area contributed by atoms with Crippen LogP contribution in [-0.4, -0.2) is 41.7 Å². The van der Waals surface area contributed by atoms with Gasteiger partial charge < -0.3 is 19.5 Å². The zero-order chi connectivity index (χ0) is 19.2. The summed E-state index contributed by atoms with van der Waals surface area (Å²) in [7, 11) is 0. The van der Waals surface area contributed by atoms with Crippen molar-refractivity contribution in [3.05, 3.63) is 28.3 Å². The predicted octanol–water partition coefficient (Wildman–Crippen LogP) is 1.97. The topological polar surface area (TPSA) is 94.2 Å². The fourth-order valence-electron chi connectivity index (χ4n) is 3.49. The van der Waals surface area contributed by atoms with Gasteiger partial charge >= 0.3 is 12.0 Å². The number of hydrogen-bond donors (Lipinski definition) is 1. The van der Waals surface area contributed by atoms with Crippen molar-refractivity contribution < 1.29 is 28.6 Å². The van der Waals surface area contributed by atoms with Crippen LogP contribution in [0.2, 0.25) is 5.02 Å². The number of halogens is 1. The van der Waals surface area contributed by atoms with E-state index in [9.17, 15) is 14.4 Å². The van der Waals surface area contributed by atoms with E-state index in [0.717, 1.165) is 23.3 Å². The minimum atomic E-state index is -0.919. The molecule has 0 bridgehead atoms. The fourth-order valence-corrected chi connectivity index (χ4v) is 3.76. The smallest absolute Gasteiger partial charge is 0.326 e. The van der Waals surface area contributed by atoms with E-state index in [0.29, 0.717) is 22.9 Å². The van der Waals surface area contributed by atoms with Crippen LogP contribution < -0.4 is 10.1 Å². The first-order chi connectivity index (χ1) is 12.9. The average Bonchev–Trinajstić information content (AvgIpc) is 3.46. The molecule has 1 atom stereocenters. The number of fused-ring (bicyclic) bond motifs is 1. The van der Waals surface area contributed by atoms with Crippen molar-refractivity contribution in [3.63, 3.8) is 0 Å². The van der Waals surface area contributed by atoms with Crippen LogP contribution in [0.3, 0.4) is 0 Å². The van der Waals surface area contributed by atoms with Gasteiger partial charge in [-0.1, -0.05) is 11.6 Å². The Morgan fingerprint density at radius 3 is 2.93 bits per heavy atom. The molecule has 8 nitrogen and oxygen atoms in total. The highest BCUT2D eigenvalue weighted by molar-refractivity contribution is 6.30. The second-order valence-corrected chi connectivity index (χ2v) is 7.56. The molecule has 1 aliphatic carbocycles. The Hall–Kier alpha value is -2.32. The van der Waals surface area contributed by atoms with Crippen molar-refractivity contribution in [2.24, 2.45) is 5.92 Å². The van der Waals surface area contributed by atoms with Crippen molar-refractivity contribution in [1.29, 1.82) is 0 Å². The zero-order valence-electron chi connectivity index (χ0n) is 14.7. The lowest BCUT2D eigenvalue weighted by atomic mass is 9.96. The van der Waals surface area contributed by atoms with Crippen LogP contribution in [0.4, 0.5) is 4.79 Å². The molecule has 3 amide bonds. The molecule has 9 heteroatoms. The summed E-state index contributed by atoms with van der Waals surface area (Å²) >= 11 is 6.08. The van der Waals surface area contributed by atoms with Crippen molar-refractivity contribution in [2.75, 3.05) is 13.3 Å². The molecule has 1 aromatic rings. The first kappa shape index (κ1) is 18.1. The molecule has 3 aliphatic rings. The number of nitrogens with one attached hydrogen (secondary N) is 1. The van der Waals surface area contributed by atoms with Gasteiger partial charge in [-0.3, -0.25) is 14.5 Å². The number of benzene rings is 1. The lowest BCUT2D eigenvalue weighted by Crippen LogP contribution is -2.46. The number of esters is 1. The van der Waals surface area contributed by atoms with E-state index in [1.54, 1.807) is 19.1 Å². The third kappa shape index (κ3) is 3.35. The molecule has 2 heterocycles. The maximum atomic E-state index is 12.5. The second kappa shape index (κ2) is 6.69. The third-order valence-corrected chi connectivity index (χ3v) is 5.34. The lowest BCUT2D eigenvalue weighted by molar-refractivity contribution is -0.149. The minimum absolute atomic E-state index is 0.0781. The van der Waals surface area contributed by atoms with E-state index in [4.69, 9.17) is 25.8 Å². The Bertz CT molecular complexity index is 824. The summed E-state index contributed by atoms with van der Waals surface area (Å²) in [6, 6.07) is 2.82. The molecule has 2 fully saturated rings. The van der Waals surface area contributed by atoms with E-state index in [1.807, 2.05) is 0 Å². The highest BCUT2D eigenvalue weighted by Gasteiger charge is 2.56. The number of carbonyl (C=O) groups excluding carboxylic acids is 3. The van der Waals surface area contributed by atoms with E-state index in [2.05, 4.69) is 5.32 Å². The summed E-state index contributed by atoms with van der Waals surface area (Å²) < 4.78 is 15.9. The van der Waals surface area contributed by atoms with Gasteiger partial charge in [0.15, 0.2) is 6.79 Å². The van der Waals surface area contributed by atoms with E-state index in [-0.39, 0.29) is 25.2 Å². The van der Waals surface area contributed by atoms with Gasteiger partial charge in [-0.15, -0.1) is 0 Å². The van der Waals surface area contributed by atoms with Crippen LogP contribution in [-0.2, 0) is 32.3 Å². The van der Waals surface area contributed by atoms with Crippen LogP contribution in [0, 0.1) is 5.92 Å². The zero-order valence-corrected chi connectivity index (χ0v) is 15.5. The van der Waals surface area contributed by atoms with Crippen molar-refractivity contribution in [2.45, 2.75) is 38.5 Å². The van der Waals surface area contributed by atoms with Crippen LogP contribution in [0.1, 0.15) is 30.9 Å². The molecule has 0 spiro atoms. The number of nitrogens with zero attached hydrogens (tertiary/aromatic N) is 1. The number of rotatable bonds is 5.